The summed E-state index contributed by atoms with van der Waals surface area (Å²) in [7, 11) is 0. The highest BCUT2D eigenvalue weighted by Crippen LogP contribution is 2.24. The number of hydrogen-bond acceptors (Lipinski definition) is 6. The number of carboxylic acids is 1. The van der Waals surface area contributed by atoms with Crippen molar-refractivity contribution < 1.29 is 34.7 Å². The van der Waals surface area contributed by atoms with E-state index in [4.69, 9.17) is 14.6 Å². The zero-order valence-electron chi connectivity index (χ0n) is 10.8. The minimum atomic E-state index is -1.39. The van der Waals surface area contributed by atoms with Gasteiger partial charge in [-0.3, -0.25) is 0 Å². The first-order chi connectivity index (χ1) is 9.40. The molecule has 0 aromatic heterocycles. The molecule has 1 fully saturated rings. The van der Waals surface area contributed by atoms with Gasteiger partial charge in [0.1, 0.15) is 24.1 Å². The molecule has 0 aliphatic carbocycles. The van der Waals surface area contributed by atoms with Gasteiger partial charge in [0, 0.05) is 0 Å². The van der Waals surface area contributed by atoms with Crippen molar-refractivity contribution in [3.8, 4) is 5.75 Å². The van der Waals surface area contributed by atoms with Crippen molar-refractivity contribution in [3.05, 3.63) is 29.3 Å². The van der Waals surface area contributed by atoms with Crippen molar-refractivity contribution in [1.29, 1.82) is 0 Å². The van der Waals surface area contributed by atoms with Gasteiger partial charge in [-0.1, -0.05) is 0 Å². The average Bonchev–Trinajstić information content (AvgIpc) is 2.41. The van der Waals surface area contributed by atoms with E-state index in [1.54, 1.807) is 6.92 Å². The van der Waals surface area contributed by atoms with Crippen LogP contribution in [-0.4, -0.2) is 57.6 Å². The highest BCUT2D eigenvalue weighted by molar-refractivity contribution is 5.88. The van der Waals surface area contributed by atoms with Gasteiger partial charge in [-0.15, -0.1) is 0 Å². The van der Waals surface area contributed by atoms with Crippen molar-refractivity contribution in [2.24, 2.45) is 0 Å². The predicted octanol–water partition coefficient (Wildman–Crippen LogP) is -0.489. The SMILES string of the molecule is Cc1cc(C(=O)O)ccc1OC1OCC(O)C(O)C1O. The standard InChI is InChI=1S/C13H16O7/c1-6-4-7(12(17)18)2-3-9(6)20-13-11(16)10(15)8(14)5-19-13/h2-4,8,10-11,13-16H,5H2,1H3,(H,17,18). The van der Waals surface area contributed by atoms with E-state index >= 15 is 0 Å². The van der Waals surface area contributed by atoms with Crippen molar-refractivity contribution >= 4 is 5.97 Å². The molecule has 4 N–H and O–H groups in total. The van der Waals surface area contributed by atoms with Gasteiger partial charge < -0.3 is 29.9 Å². The maximum Gasteiger partial charge on any atom is 0.335 e. The fraction of sp³-hybridized carbons (Fsp3) is 0.462. The van der Waals surface area contributed by atoms with Crippen LogP contribution in [0.25, 0.3) is 0 Å². The molecule has 1 aromatic rings. The minimum absolute atomic E-state index is 0.121. The number of aryl methyl sites for hydroxylation is 1. The number of carbonyl (C=O) groups is 1. The van der Waals surface area contributed by atoms with E-state index in [1.807, 2.05) is 0 Å². The number of aromatic carboxylic acids is 1. The molecular formula is C13H16O7. The van der Waals surface area contributed by atoms with E-state index in [9.17, 15) is 20.1 Å². The monoisotopic (exact) mass is 284 g/mol. The summed E-state index contributed by atoms with van der Waals surface area (Å²) < 4.78 is 10.5. The lowest BCUT2D eigenvalue weighted by Gasteiger charge is -2.35. The van der Waals surface area contributed by atoms with E-state index < -0.39 is 30.6 Å². The summed E-state index contributed by atoms with van der Waals surface area (Å²) in [5, 5.41) is 37.5. The molecule has 0 radical (unpaired) electrons. The number of carboxylic acid groups (broad SMARTS) is 1. The molecule has 7 nitrogen and oxygen atoms in total. The van der Waals surface area contributed by atoms with Crippen molar-refractivity contribution in [2.45, 2.75) is 31.5 Å². The second-order valence-corrected chi connectivity index (χ2v) is 4.65. The maximum absolute atomic E-state index is 10.8. The van der Waals surface area contributed by atoms with Crippen LogP contribution in [0.2, 0.25) is 0 Å². The summed E-state index contributed by atoms with van der Waals surface area (Å²) in [6, 6.07) is 4.25. The summed E-state index contributed by atoms with van der Waals surface area (Å²) in [5.41, 5.74) is 0.678. The Bertz CT molecular complexity index is 501. The zero-order chi connectivity index (χ0) is 14.9. The Morgan fingerprint density at radius 3 is 2.60 bits per heavy atom. The number of ether oxygens (including phenoxy) is 2. The van der Waals surface area contributed by atoms with Gasteiger partial charge in [0.15, 0.2) is 0 Å². The van der Waals surface area contributed by atoms with Crippen molar-refractivity contribution in [3.63, 3.8) is 0 Å². The molecule has 0 amide bonds. The number of hydrogen-bond donors (Lipinski definition) is 4. The Balaban J connectivity index is 2.12. The Kier molecular flexibility index (Phi) is 4.24. The number of aliphatic hydroxyl groups is 3. The number of benzene rings is 1. The van der Waals surface area contributed by atoms with E-state index in [0.29, 0.717) is 11.3 Å². The normalized spacial score (nSPS) is 30.0. The molecule has 0 bridgehead atoms. The second-order valence-electron chi connectivity index (χ2n) is 4.65. The smallest absolute Gasteiger partial charge is 0.335 e. The maximum atomic E-state index is 10.8. The first-order valence-electron chi connectivity index (χ1n) is 6.06. The van der Waals surface area contributed by atoms with Gasteiger partial charge in [-0.25, -0.2) is 4.79 Å². The molecule has 0 saturated carbocycles. The Morgan fingerprint density at radius 2 is 2.00 bits per heavy atom. The molecule has 0 spiro atoms. The largest absolute Gasteiger partial charge is 0.478 e. The number of rotatable bonds is 3. The average molecular weight is 284 g/mol. The molecule has 1 heterocycles. The molecular weight excluding hydrogens is 268 g/mol. The summed E-state index contributed by atoms with van der Waals surface area (Å²) in [4.78, 5) is 10.8. The summed E-state index contributed by atoms with van der Waals surface area (Å²) in [5.74, 6) is -0.713. The predicted molar refractivity (Wildman–Crippen MR) is 66.5 cm³/mol. The van der Waals surface area contributed by atoms with Gasteiger partial charge in [-0.2, -0.15) is 0 Å². The van der Waals surface area contributed by atoms with Gasteiger partial charge in [-0.05, 0) is 30.7 Å². The lowest BCUT2D eigenvalue weighted by atomic mass is 10.1. The summed E-state index contributed by atoms with van der Waals surface area (Å²) >= 11 is 0. The van der Waals surface area contributed by atoms with E-state index in [2.05, 4.69) is 0 Å². The van der Waals surface area contributed by atoms with Crippen molar-refractivity contribution in [1.82, 2.24) is 0 Å². The first kappa shape index (κ1) is 14.7. The Morgan fingerprint density at radius 1 is 1.30 bits per heavy atom. The second kappa shape index (κ2) is 5.76. The highest BCUT2D eigenvalue weighted by atomic mass is 16.7. The quantitative estimate of drug-likeness (QED) is 0.592. The molecule has 7 heteroatoms. The fourth-order valence-corrected chi connectivity index (χ4v) is 1.92. The molecule has 4 atom stereocenters. The fourth-order valence-electron chi connectivity index (χ4n) is 1.92. The third kappa shape index (κ3) is 2.91. The minimum Gasteiger partial charge on any atom is -0.478 e. The molecule has 1 aliphatic rings. The van der Waals surface area contributed by atoms with Crippen LogP contribution in [0.5, 0.6) is 5.75 Å². The van der Waals surface area contributed by atoms with Crippen molar-refractivity contribution in [2.75, 3.05) is 6.61 Å². The number of aliphatic hydroxyl groups excluding tert-OH is 3. The van der Waals surface area contributed by atoms with Gasteiger partial charge in [0.2, 0.25) is 6.29 Å². The van der Waals surface area contributed by atoms with E-state index in [0.717, 1.165) is 0 Å². The molecule has 1 aliphatic heterocycles. The lowest BCUT2D eigenvalue weighted by Crippen LogP contribution is -2.54. The van der Waals surface area contributed by atoms with Crippen LogP contribution in [0, 0.1) is 6.92 Å². The molecule has 2 rings (SSSR count). The van der Waals surface area contributed by atoms with E-state index in [1.165, 1.54) is 18.2 Å². The molecule has 1 saturated heterocycles. The van der Waals surface area contributed by atoms with Crippen LogP contribution in [0.15, 0.2) is 18.2 Å². The van der Waals surface area contributed by atoms with Crippen LogP contribution < -0.4 is 4.74 Å². The van der Waals surface area contributed by atoms with E-state index in [-0.39, 0.29) is 12.2 Å². The molecule has 4 unspecified atom stereocenters. The summed E-state index contributed by atoms with van der Waals surface area (Å²) in [6.07, 6.45) is -5.03. The van der Waals surface area contributed by atoms with Gasteiger partial charge in [0.05, 0.1) is 12.2 Å². The Labute approximate surface area is 115 Å². The van der Waals surface area contributed by atoms with Gasteiger partial charge >= 0.3 is 5.97 Å². The zero-order valence-corrected chi connectivity index (χ0v) is 10.8. The molecule has 20 heavy (non-hydrogen) atoms. The summed E-state index contributed by atoms with van der Waals surface area (Å²) in [6.45, 7) is 1.50. The van der Waals surface area contributed by atoms with Crippen LogP contribution in [0.1, 0.15) is 15.9 Å². The van der Waals surface area contributed by atoms with Crippen LogP contribution in [-0.2, 0) is 4.74 Å². The lowest BCUT2D eigenvalue weighted by molar-refractivity contribution is -0.242. The van der Waals surface area contributed by atoms with Crippen LogP contribution in [0.4, 0.5) is 0 Å². The molecule has 1 aromatic carbocycles. The molecule has 110 valence electrons. The topological polar surface area (TPSA) is 116 Å². The highest BCUT2D eigenvalue weighted by Gasteiger charge is 2.39. The Hall–Kier alpha value is -1.67. The van der Waals surface area contributed by atoms with Crippen LogP contribution in [0.3, 0.4) is 0 Å². The third-order valence-corrected chi connectivity index (χ3v) is 3.12. The first-order valence-corrected chi connectivity index (χ1v) is 6.06. The third-order valence-electron chi connectivity index (χ3n) is 3.12. The van der Waals surface area contributed by atoms with Crippen LogP contribution >= 0.6 is 0 Å². The van der Waals surface area contributed by atoms with Gasteiger partial charge in [0.25, 0.3) is 0 Å².